The van der Waals surface area contributed by atoms with Crippen molar-refractivity contribution in [2.24, 2.45) is 0 Å². The lowest BCUT2D eigenvalue weighted by Crippen LogP contribution is -2.30. The molecule has 1 amide bonds. The molecule has 26 heavy (non-hydrogen) atoms. The molecule has 0 aliphatic heterocycles. The molecule has 0 radical (unpaired) electrons. The van der Waals surface area contributed by atoms with Crippen molar-refractivity contribution in [2.45, 2.75) is 26.4 Å². The molecule has 5 nitrogen and oxygen atoms in total. The lowest BCUT2D eigenvalue weighted by atomic mass is 10.1. The van der Waals surface area contributed by atoms with Gasteiger partial charge < -0.3 is 14.8 Å². The van der Waals surface area contributed by atoms with E-state index in [-0.39, 0.29) is 5.91 Å². The van der Waals surface area contributed by atoms with Crippen molar-refractivity contribution in [3.05, 3.63) is 60.3 Å². The molecule has 2 aromatic carbocycles. The summed E-state index contributed by atoms with van der Waals surface area (Å²) in [4.78, 5) is 16.9. The molecule has 1 N–H and O–H groups in total. The number of ether oxygens (including phenoxy) is 2. The molecule has 0 aliphatic rings. The average molecular weight is 350 g/mol. The first-order valence-electron chi connectivity index (χ1n) is 8.60. The third-order valence-electron chi connectivity index (χ3n) is 4.22. The highest BCUT2D eigenvalue weighted by Crippen LogP contribution is 2.29. The number of hydrogen-bond donors (Lipinski definition) is 1. The van der Waals surface area contributed by atoms with E-state index < -0.39 is 6.10 Å². The minimum absolute atomic E-state index is 0.222. The molecule has 0 bridgehead atoms. The maximum Gasteiger partial charge on any atom is 0.265 e. The number of methoxy groups -OCH3 is 1. The molecule has 134 valence electrons. The van der Waals surface area contributed by atoms with Crippen LogP contribution < -0.4 is 14.8 Å². The molecule has 1 aromatic heterocycles. The highest BCUT2D eigenvalue weighted by atomic mass is 16.5. The molecule has 5 heteroatoms. The molecule has 3 rings (SSSR count). The highest BCUT2D eigenvalue weighted by Gasteiger charge is 2.17. The number of hydrogen-bond acceptors (Lipinski definition) is 4. The van der Waals surface area contributed by atoms with Gasteiger partial charge in [-0.2, -0.15) is 0 Å². The fourth-order valence-corrected chi connectivity index (χ4v) is 2.72. The van der Waals surface area contributed by atoms with Gasteiger partial charge in [-0.1, -0.05) is 19.1 Å². The zero-order chi connectivity index (χ0) is 18.5. The largest absolute Gasteiger partial charge is 0.494 e. The highest BCUT2D eigenvalue weighted by molar-refractivity contribution is 6.04. The van der Waals surface area contributed by atoms with Gasteiger partial charge in [0.25, 0.3) is 5.91 Å². The van der Waals surface area contributed by atoms with E-state index in [1.165, 1.54) is 5.56 Å². The predicted molar refractivity (Wildman–Crippen MR) is 103 cm³/mol. The summed E-state index contributed by atoms with van der Waals surface area (Å²) in [5.41, 5.74) is 2.61. The number of nitrogens with one attached hydrogen (secondary N) is 1. The minimum atomic E-state index is -0.628. The van der Waals surface area contributed by atoms with Gasteiger partial charge in [-0.25, -0.2) is 0 Å². The number of amides is 1. The Morgan fingerprint density at radius 1 is 1.15 bits per heavy atom. The van der Waals surface area contributed by atoms with E-state index in [9.17, 15) is 4.79 Å². The van der Waals surface area contributed by atoms with Crippen LogP contribution in [0.1, 0.15) is 19.4 Å². The average Bonchev–Trinajstić information content (AvgIpc) is 2.68. The molecule has 3 aromatic rings. The topological polar surface area (TPSA) is 60.5 Å². The van der Waals surface area contributed by atoms with Crippen LogP contribution in [-0.4, -0.2) is 24.1 Å². The lowest BCUT2D eigenvalue weighted by molar-refractivity contribution is -0.122. The van der Waals surface area contributed by atoms with E-state index in [4.69, 9.17) is 9.47 Å². The van der Waals surface area contributed by atoms with Crippen LogP contribution in [0.5, 0.6) is 11.5 Å². The number of carbonyl (C=O) groups is 1. The van der Waals surface area contributed by atoms with E-state index in [1.807, 2.05) is 42.5 Å². The molecule has 0 fully saturated rings. The summed E-state index contributed by atoms with van der Waals surface area (Å²) in [6.07, 6.45) is 2.04. The quantitative estimate of drug-likeness (QED) is 0.723. The summed E-state index contributed by atoms with van der Waals surface area (Å²) in [5.74, 6) is 1.12. The molecule has 0 saturated heterocycles. The first kappa shape index (κ1) is 17.7. The number of anilines is 1. The van der Waals surface area contributed by atoms with Crippen molar-refractivity contribution in [1.29, 1.82) is 0 Å². The van der Waals surface area contributed by atoms with Gasteiger partial charge in [-0.15, -0.1) is 0 Å². The van der Waals surface area contributed by atoms with Crippen molar-refractivity contribution in [3.8, 4) is 11.5 Å². The molecule has 1 heterocycles. The molecular weight excluding hydrogens is 328 g/mol. The number of pyridine rings is 1. The summed E-state index contributed by atoms with van der Waals surface area (Å²) < 4.78 is 11.1. The Hall–Kier alpha value is -3.08. The lowest BCUT2D eigenvalue weighted by Gasteiger charge is -2.16. The number of nitrogens with zero attached hydrogens (tertiary/aromatic N) is 1. The summed E-state index contributed by atoms with van der Waals surface area (Å²) >= 11 is 0. The summed E-state index contributed by atoms with van der Waals surface area (Å²) in [7, 11) is 1.60. The van der Waals surface area contributed by atoms with Gasteiger partial charge >= 0.3 is 0 Å². The molecular formula is C21H22N2O3. The third kappa shape index (κ3) is 3.77. The van der Waals surface area contributed by atoms with Gasteiger partial charge in [-0.05, 0) is 55.3 Å². The number of benzene rings is 2. The normalized spacial score (nSPS) is 11.8. The second-order valence-corrected chi connectivity index (χ2v) is 5.96. The van der Waals surface area contributed by atoms with E-state index in [2.05, 4.69) is 17.2 Å². The van der Waals surface area contributed by atoms with E-state index in [0.717, 1.165) is 11.8 Å². The number of rotatable bonds is 6. The standard InChI is InChI=1S/C21H22N2O3/c1-4-15-7-9-16(10-8-15)26-14(2)21(24)23-18-11-12-19(25-3)20-17(18)6-5-13-22-20/h5-14H,4H2,1-3H3,(H,23,24)/t14-/m1/s1. The Balaban J connectivity index is 1.75. The number of aryl methyl sites for hydroxylation is 1. The molecule has 0 spiro atoms. The smallest absolute Gasteiger partial charge is 0.265 e. The maximum atomic E-state index is 12.6. The molecule has 0 unspecified atom stereocenters. The summed E-state index contributed by atoms with van der Waals surface area (Å²) in [6, 6.07) is 15.1. The Labute approximate surface area is 153 Å². The van der Waals surface area contributed by atoms with Gasteiger partial charge in [0.2, 0.25) is 0 Å². The second kappa shape index (κ2) is 7.87. The minimum Gasteiger partial charge on any atom is -0.494 e. The molecule has 0 aliphatic carbocycles. The van der Waals surface area contributed by atoms with Crippen LogP contribution in [0, 0.1) is 0 Å². The number of aromatic nitrogens is 1. The van der Waals surface area contributed by atoms with E-state index in [1.54, 1.807) is 26.3 Å². The predicted octanol–water partition coefficient (Wildman–Crippen LogP) is 4.21. The summed E-state index contributed by atoms with van der Waals surface area (Å²) in [5, 5.41) is 3.74. The van der Waals surface area contributed by atoms with Crippen LogP contribution in [-0.2, 0) is 11.2 Å². The maximum absolute atomic E-state index is 12.6. The van der Waals surface area contributed by atoms with Crippen LogP contribution in [0.15, 0.2) is 54.7 Å². The first-order valence-corrected chi connectivity index (χ1v) is 8.60. The van der Waals surface area contributed by atoms with E-state index in [0.29, 0.717) is 22.7 Å². The second-order valence-electron chi connectivity index (χ2n) is 5.96. The van der Waals surface area contributed by atoms with Crippen molar-refractivity contribution in [3.63, 3.8) is 0 Å². The van der Waals surface area contributed by atoms with Crippen molar-refractivity contribution >= 4 is 22.5 Å². The Morgan fingerprint density at radius 3 is 2.62 bits per heavy atom. The fourth-order valence-electron chi connectivity index (χ4n) is 2.72. The van der Waals surface area contributed by atoms with Gasteiger partial charge in [0.1, 0.15) is 17.0 Å². The monoisotopic (exact) mass is 350 g/mol. The van der Waals surface area contributed by atoms with Gasteiger partial charge in [0.05, 0.1) is 12.8 Å². The van der Waals surface area contributed by atoms with Crippen molar-refractivity contribution in [2.75, 3.05) is 12.4 Å². The van der Waals surface area contributed by atoms with Crippen LogP contribution in [0.4, 0.5) is 5.69 Å². The third-order valence-corrected chi connectivity index (χ3v) is 4.22. The number of carbonyl (C=O) groups excluding carboxylic acids is 1. The molecule has 1 atom stereocenters. The zero-order valence-electron chi connectivity index (χ0n) is 15.2. The van der Waals surface area contributed by atoms with Crippen LogP contribution in [0.25, 0.3) is 10.9 Å². The van der Waals surface area contributed by atoms with Gasteiger partial charge in [-0.3, -0.25) is 9.78 Å². The van der Waals surface area contributed by atoms with Crippen molar-refractivity contribution in [1.82, 2.24) is 4.98 Å². The first-order chi connectivity index (χ1) is 12.6. The zero-order valence-corrected chi connectivity index (χ0v) is 15.2. The van der Waals surface area contributed by atoms with Gasteiger partial charge in [0, 0.05) is 11.6 Å². The van der Waals surface area contributed by atoms with Crippen molar-refractivity contribution < 1.29 is 14.3 Å². The van der Waals surface area contributed by atoms with Crippen LogP contribution in [0.2, 0.25) is 0 Å². The summed E-state index contributed by atoms with van der Waals surface area (Å²) in [6.45, 7) is 3.83. The molecule has 0 saturated carbocycles. The Morgan fingerprint density at radius 2 is 1.92 bits per heavy atom. The van der Waals surface area contributed by atoms with E-state index >= 15 is 0 Å². The fraction of sp³-hybridized carbons (Fsp3) is 0.238. The number of fused-ring (bicyclic) bond motifs is 1. The van der Waals surface area contributed by atoms with Gasteiger partial charge in [0.15, 0.2) is 6.10 Å². The van der Waals surface area contributed by atoms with Crippen LogP contribution in [0.3, 0.4) is 0 Å². The Bertz CT molecular complexity index is 907. The SMILES string of the molecule is CCc1ccc(O[C@H](C)C(=O)Nc2ccc(OC)c3ncccc23)cc1. The Kier molecular flexibility index (Phi) is 5.37. The van der Waals surface area contributed by atoms with Crippen LogP contribution >= 0.6 is 0 Å².